The molecule has 1 N–H and O–H groups in total. The molecule has 3 aromatic rings. The Balaban J connectivity index is 0.00000259. The standard InChI is InChI=1S/C25H27N5O2.ClH/c1-28(16-20-13-18-6-3-4-7-21(18)29(20)2)23(31)10-9-17-12-19-15-30-11-5-8-22(30)25(32)27-24(19)26-14-17;/h3-4,6-7,9-10,12-14,22H,5,8,11,15-16H2,1-2H3,(H,26,27,32);1H/t22-;/m1./s1. The number of fused-ring (bicyclic) bond motifs is 3. The number of amides is 2. The van der Waals surface area contributed by atoms with Crippen LogP contribution in [0.2, 0.25) is 0 Å². The third-order valence-corrected chi connectivity index (χ3v) is 6.51. The largest absolute Gasteiger partial charge is 0.346 e. The van der Waals surface area contributed by atoms with Crippen LogP contribution in [0.1, 0.15) is 29.7 Å². The first kappa shape index (κ1) is 23.0. The molecule has 1 fully saturated rings. The lowest BCUT2D eigenvalue weighted by atomic mass is 10.1. The zero-order valence-electron chi connectivity index (χ0n) is 18.8. The number of hydrogen-bond acceptors (Lipinski definition) is 4. The van der Waals surface area contributed by atoms with Crippen molar-refractivity contribution in [3.8, 4) is 0 Å². The molecule has 0 bridgehead atoms. The van der Waals surface area contributed by atoms with Gasteiger partial charge in [0.2, 0.25) is 11.8 Å². The van der Waals surface area contributed by atoms with Crippen molar-refractivity contribution in [2.75, 3.05) is 18.9 Å². The van der Waals surface area contributed by atoms with E-state index in [4.69, 9.17) is 0 Å². The van der Waals surface area contributed by atoms with E-state index in [1.807, 2.05) is 32.3 Å². The molecule has 2 aromatic heterocycles. The van der Waals surface area contributed by atoms with Gasteiger partial charge in [-0.15, -0.1) is 12.4 Å². The van der Waals surface area contributed by atoms with Crippen LogP contribution in [0.25, 0.3) is 17.0 Å². The molecule has 2 aliphatic rings. The minimum Gasteiger partial charge on any atom is -0.346 e. The zero-order chi connectivity index (χ0) is 22.2. The van der Waals surface area contributed by atoms with E-state index >= 15 is 0 Å². The van der Waals surface area contributed by atoms with Crippen molar-refractivity contribution >= 4 is 47.0 Å². The van der Waals surface area contributed by atoms with E-state index in [2.05, 4.69) is 38.0 Å². The predicted octanol–water partition coefficient (Wildman–Crippen LogP) is 3.58. The minimum atomic E-state index is -0.0712. The van der Waals surface area contributed by atoms with Crippen LogP contribution in [-0.2, 0) is 29.7 Å². The Bertz CT molecular complexity index is 1230. The SMILES string of the molecule is CN(Cc1cc2ccccc2n1C)C(=O)C=Cc1cnc2c(c1)CN1CCC[C@@H]1C(=O)N2.Cl. The fourth-order valence-corrected chi connectivity index (χ4v) is 4.70. The van der Waals surface area contributed by atoms with Crippen molar-refractivity contribution in [3.05, 3.63) is 65.5 Å². The molecule has 0 aliphatic carbocycles. The first-order valence-corrected chi connectivity index (χ1v) is 11.0. The highest BCUT2D eigenvalue weighted by Gasteiger charge is 2.34. The number of carbonyl (C=O) groups is 2. The maximum Gasteiger partial charge on any atom is 0.246 e. The Hall–Kier alpha value is -3.16. The number of aromatic nitrogens is 2. The molecule has 172 valence electrons. The Morgan fingerprint density at radius 2 is 2.12 bits per heavy atom. The highest BCUT2D eigenvalue weighted by molar-refractivity contribution is 5.96. The summed E-state index contributed by atoms with van der Waals surface area (Å²) in [5.41, 5.74) is 4.07. The molecule has 0 radical (unpaired) electrons. The number of para-hydroxylation sites is 1. The number of hydrogen-bond donors (Lipinski definition) is 1. The number of anilines is 1. The molecule has 33 heavy (non-hydrogen) atoms. The summed E-state index contributed by atoms with van der Waals surface area (Å²) in [6, 6.07) is 12.3. The second kappa shape index (κ2) is 9.37. The molecular formula is C25H28ClN5O2. The highest BCUT2D eigenvalue weighted by atomic mass is 35.5. The average molecular weight is 466 g/mol. The van der Waals surface area contributed by atoms with E-state index in [1.54, 1.807) is 23.2 Å². The van der Waals surface area contributed by atoms with Crippen molar-refractivity contribution in [1.29, 1.82) is 0 Å². The molecule has 2 amide bonds. The van der Waals surface area contributed by atoms with Crippen LogP contribution in [0.3, 0.4) is 0 Å². The van der Waals surface area contributed by atoms with Crippen molar-refractivity contribution in [1.82, 2.24) is 19.4 Å². The lowest BCUT2D eigenvalue weighted by molar-refractivity contribution is -0.125. The monoisotopic (exact) mass is 465 g/mol. The fraction of sp³-hybridized carbons (Fsp3) is 0.320. The summed E-state index contributed by atoms with van der Waals surface area (Å²) in [6.45, 7) is 2.15. The first-order chi connectivity index (χ1) is 15.5. The molecule has 1 aromatic carbocycles. The average Bonchev–Trinajstić information content (AvgIpc) is 3.35. The molecule has 0 spiro atoms. The van der Waals surface area contributed by atoms with Crippen LogP contribution in [0, 0.1) is 0 Å². The van der Waals surface area contributed by atoms with Crippen molar-refractivity contribution in [2.24, 2.45) is 7.05 Å². The number of halogens is 1. The molecule has 1 atom stereocenters. The highest BCUT2D eigenvalue weighted by Crippen LogP contribution is 2.28. The van der Waals surface area contributed by atoms with Gasteiger partial charge >= 0.3 is 0 Å². The van der Waals surface area contributed by atoms with E-state index in [1.165, 1.54) is 5.39 Å². The van der Waals surface area contributed by atoms with Crippen LogP contribution in [-0.4, -0.2) is 50.8 Å². The Morgan fingerprint density at radius 1 is 1.30 bits per heavy atom. The molecule has 7 nitrogen and oxygen atoms in total. The van der Waals surface area contributed by atoms with Gasteiger partial charge in [-0.3, -0.25) is 14.5 Å². The third-order valence-electron chi connectivity index (χ3n) is 6.51. The molecule has 2 aliphatic heterocycles. The summed E-state index contributed by atoms with van der Waals surface area (Å²) in [5.74, 6) is 0.584. The summed E-state index contributed by atoms with van der Waals surface area (Å²) in [4.78, 5) is 33.5. The second-order valence-corrected chi connectivity index (χ2v) is 8.68. The zero-order valence-corrected chi connectivity index (χ0v) is 19.6. The van der Waals surface area contributed by atoms with Gasteiger partial charge in [-0.1, -0.05) is 18.2 Å². The molecular weight excluding hydrogens is 438 g/mol. The molecule has 0 unspecified atom stereocenters. The smallest absolute Gasteiger partial charge is 0.246 e. The van der Waals surface area contributed by atoms with Gasteiger partial charge in [-0.2, -0.15) is 0 Å². The van der Waals surface area contributed by atoms with Gasteiger partial charge in [0.15, 0.2) is 0 Å². The summed E-state index contributed by atoms with van der Waals surface area (Å²) in [7, 11) is 3.83. The van der Waals surface area contributed by atoms with Gasteiger partial charge in [0.05, 0.1) is 12.6 Å². The summed E-state index contributed by atoms with van der Waals surface area (Å²) in [6.07, 6.45) is 7.01. The number of rotatable bonds is 4. The van der Waals surface area contributed by atoms with E-state index in [-0.39, 0.29) is 30.3 Å². The van der Waals surface area contributed by atoms with Crippen LogP contribution in [0.5, 0.6) is 0 Å². The number of carbonyl (C=O) groups excluding carboxylic acids is 2. The predicted molar refractivity (Wildman–Crippen MR) is 132 cm³/mol. The Kier molecular flexibility index (Phi) is 6.54. The molecule has 5 rings (SSSR count). The molecule has 8 heteroatoms. The van der Waals surface area contributed by atoms with Gasteiger partial charge in [-0.05, 0) is 54.6 Å². The molecule has 1 saturated heterocycles. The van der Waals surface area contributed by atoms with Gasteiger partial charge in [0, 0.05) is 49.7 Å². The third kappa shape index (κ3) is 4.51. The Labute approximate surface area is 199 Å². The van der Waals surface area contributed by atoms with Crippen LogP contribution >= 0.6 is 12.4 Å². The normalized spacial score (nSPS) is 17.9. The fourth-order valence-electron chi connectivity index (χ4n) is 4.70. The first-order valence-electron chi connectivity index (χ1n) is 11.0. The maximum atomic E-state index is 12.7. The van der Waals surface area contributed by atoms with Crippen LogP contribution in [0.4, 0.5) is 5.82 Å². The number of nitrogens with zero attached hydrogens (tertiary/aromatic N) is 4. The van der Waals surface area contributed by atoms with Crippen LogP contribution in [0.15, 0.2) is 48.7 Å². The van der Waals surface area contributed by atoms with Crippen LogP contribution < -0.4 is 5.32 Å². The topological polar surface area (TPSA) is 70.5 Å². The van der Waals surface area contributed by atoms with Gasteiger partial charge in [0.25, 0.3) is 0 Å². The number of likely N-dealkylation sites (N-methyl/N-ethyl adjacent to an activating group) is 1. The summed E-state index contributed by atoms with van der Waals surface area (Å²) >= 11 is 0. The lowest BCUT2D eigenvalue weighted by Crippen LogP contribution is -2.36. The number of nitrogens with one attached hydrogen (secondary N) is 1. The van der Waals surface area contributed by atoms with E-state index in [0.717, 1.165) is 41.7 Å². The number of aryl methyl sites for hydroxylation is 1. The van der Waals surface area contributed by atoms with Crippen molar-refractivity contribution in [2.45, 2.75) is 32.0 Å². The van der Waals surface area contributed by atoms with Gasteiger partial charge < -0.3 is 14.8 Å². The lowest BCUT2D eigenvalue weighted by Gasteiger charge is -2.19. The second-order valence-electron chi connectivity index (χ2n) is 8.68. The van der Waals surface area contributed by atoms with Gasteiger partial charge in [-0.25, -0.2) is 4.98 Å². The number of pyridine rings is 1. The van der Waals surface area contributed by atoms with Gasteiger partial charge in [0.1, 0.15) is 5.82 Å². The number of benzene rings is 1. The van der Waals surface area contributed by atoms with E-state index in [9.17, 15) is 9.59 Å². The van der Waals surface area contributed by atoms with Crippen molar-refractivity contribution in [3.63, 3.8) is 0 Å². The maximum absolute atomic E-state index is 12.7. The summed E-state index contributed by atoms with van der Waals surface area (Å²) in [5, 5.41) is 4.13. The van der Waals surface area contributed by atoms with E-state index < -0.39 is 0 Å². The summed E-state index contributed by atoms with van der Waals surface area (Å²) < 4.78 is 2.12. The quantitative estimate of drug-likeness (QED) is 0.598. The van der Waals surface area contributed by atoms with Crippen molar-refractivity contribution < 1.29 is 9.59 Å². The molecule has 0 saturated carbocycles. The van der Waals surface area contributed by atoms with E-state index in [0.29, 0.717) is 18.9 Å². The minimum absolute atomic E-state index is 0. The molecule has 4 heterocycles. The Morgan fingerprint density at radius 3 is 2.94 bits per heavy atom.